The molecule has 0 aliphatic carbocycles. The van der Waals surface area contributed by atoms with Gasteiger partial charge in [0.25, 0.3) is 0 Å². The summed E-state index contributed by atoms with van der Waals surface area (Å²) in [5.41, 5.74) is 2.39. The number of aromatic nitrogens is 2. The van der Waals surface area contributed by atoms with Crippen LogP contribution in [0.15, 0.2) is 41.7 Å². The molecule has 1 aromatic heterocycles. The summed E-state index contributed by atoms with van der Waals surface area (Å²) in [6.45, 7) is 1.82. The van der Waals surface area contributed by atoms with Crippen molar-refractivity contribution in [2.24, 2.45) is 4.99 Å². The number of rotatable bonds is 6. The van der Waals surface area contributed by atoms with Crippen LogP contribution >= 0.6 is 24.0 Å². The van der Waals surface area contributed by atoms with E-state index in [2.05, 4.69) is 56.7 Å². The summed E-state index contributed by atoms with van der Waals surface area (Å²) in [6.07, 6.45) is 5.11. The Labute approximate surface area is 181 Å². The second-order valence-electron chi connectivity index (χ2n) is 6.61. The maximum absolute atomic E-state index is 12.9. The minimum Gasteiger partial charge on any atom is -0.372 e. The van der Waals surface area contributed by atoms with Crippen LogP contribution in [-0.4, -0.2) is 35.6 Å². The Morgan fingerprint density at radius 3 is 2.71 bits per heavy atom. The number of guanidine groups is 1. The number of nitrogens with zero attached hydrogens (tertiary/aromatic N) is 4. The van der Waals surface area contributed by atoms with Gasteiger partial charge in [-0.15, -0.1) is 24.0 Å². The first-order valence-electron chi connectivity index (χ1n) is 9.20. The summed E-state index contributed by atoms with van der Waals surface area (Å²) in [6, 6.07) is 8.50. The van der Waals surface area contributed by atoms with Crippen molar-refractivity contribution in [1.29, 1.82) is 0 Å². The second kappa shape index (κ2) is 10.6. The SMILES string of the molecule is CN=C(NCc1nccn1C(F)F)NC(C)c1cccc(N2CCCC2)c1.I. The Balaban J connectivity index is 0.00000280. The molecule has 2 aromatic rings. The quantitative estimate of drug-likeness (QED) is 0.356. The van der Waals surface area contributed by atoms with Crippen molar-refractivity contribution >= 4 is 35.6 Å². The van der Waals surface area contributed by atoms with Crippen molar-refractivity contribution in [3.05, 3.63) is 48.0 Å². The zero-order valence-electron chi connectivity index (χ0n) is 16.1. The second-order valence-corrected chi connectivity index (χ2v) is 6.61. The molecule has 1 atom stereocenters. The molecule has 1 unspecified atom stereocenters. The summed E-state index contributed by atoms with van der Waals surface area (Å²) in [7, 11) is 1.66. The predicted molar refractivity (Wildman–Crippen MR) is 119 cm³/mol. The lowest BCUT2D eigenvalue weighted by Gasteiger charge is -2.22. The molecule has 2 N–H and O–H groups in total. The Kier molecular flexibility index (Phi) is 8.46. The molecule has 1 aromatic carbocycles. The number of anilines is 1. The number of halogens is 3. The van der Waals surface area contributed by atoms with Gasteiger partial charge in [0.15, 0.2) is 5.96 Å². The zero-order valence-corrected chi connectivity index (χ0v) is 18.4. The van der Waals surface area contributed by atoms with E-state index in [1.807, 2.05) is 0 Å². The first kappa shape index (κ1) is 22.4. The fourth-order valence-corrected chi connectivity index (χ4v) is 3.27. The highest BCUT2D eigenvalue weighted by Crippen LogP contribution is 2.24. The van der Waals surface area contributed by atoms with E-state index in [-0.39, 0.29) is 42.4 Å². The van der Waals surface area contributed by atoms with Gasteiger partial charge in [0.05, 0.1) is 12.6 Å². The van der Waals surface area contributed by atoms with Crippen molar-refractivity contribution < 1.29 is 8.78 Å². The van der Waals surface area contributed by atoms with Crippen molar-refractivity contribution in [1.82, 2.24) is 20.2 Å². The highest BCUT2D eigenvalue weighted by molar-refractivity contribution is 14.0. The molecule has 0 amide bonds. The first-order chi connectivity index (χ1) is 13.1. The van der Waals surface area contributed by atoms with Gasteiger partial charge in [-0.2, -0.15) is 8.78 Å². The lowest BCUT2D eigenvalue weighted by molar-refractivity contribution is 0.0668. The largest absolute Gasteiger partial charge is 0.372 e. The van der Waals surface area contributed by atoms with E-state index in [0.29, 0.717) is 5.96 Å². The highest BCUT2D eigenvalue weighted by atomic mass is 127. The minimum atomic E-state index is -2.61. The molecule has 2 heterocycles. The normalized spacial score (nSPS) is 15.5. The third-order valence-electron chi connectivity index (χ3n) is 4.79. The van der Waals surface area contributed by atoms with E-state index in [9.17, 15) is 8.78 Å². The van der Waals surface area contributed by atoms with Crippen LogP contribution in [0.2, 0.25) is 0 Å². The van der Waals surface area contributed by atoms with Crippen molar-refractivity contribution in [2.75, 3.05) is 25.0 Å². The Bertz CT molecular complexity index is 773. The topological polar surface area (TPSA) is 57.5 Å². The van der Waals surface area contributed by atoms with Gasteiger partial charge in [-0.25, -0.2) is 4.98 Å². The van der Waals surface area contributed by atoms with E-state index in [4.69, 9.17) is 0 Å². The molecular formula is C19H27F2IN6. The summed E-state index contributed by atoms with van der Waals surface area (Å²) in [5.74, 6) is 0.800. The molecule has 3 rings (SSSR count). The van der Waals surface area contributed by atoms with E-state index in [1.165, 1.54) is 30.9 Å². The molecule has 6 nitrogen and oxygen atoms in total. The van der Waals surface area contributed by atoms with Gasteiger partial charge in [0, 0.05) is 38.2 Å². The van der Waals surface area contributed by atoms with Crippen LogP contribution in [0.4, 0.5) is 14.5 Å². The van der Waals surface area contributed by atoms with Crippen LogP contribution < -0.4 is 15.5 Å². The lowest BCUT2D eigenvalue weighted by Crippen LogP contribution is -2.38. The Morgan fingerprint density at radius 1 is 1.29 bits per heavy atom. The van der Waals surface area contributed by atoms with E-state index in [0.717, 1.165) is 23.2 Å². The number of aliphatic imine (C=N–C) groups is 1. The average molecular weight is 504 g/mol. The number of hydrogen-bond donors (Lipinski definition) is 2. The van der Waals surface area contributed by atoms with Gasteiger partial charge in [-0.3, -0.25) is 9.56 Å². The molecule has 154 valence electrons. The monoisotopic (exact) mass is 504 g/mol. The third-order valence-corrected chi connectivity index (χ3v) is 4.79. The van der Waals surface area contributed by atoms with E-state index in [1.54, 1.807) is 7.05 Å². The molecule has 0 bridgehead atoms. The van der Waals surface area contributed by atoms with Gasteiger partial charge < -0.3 is 15.5 Å². The van der Waals surface area contributed by atoms with Crippen LogP contribution in [-0.2, 0) is 6.54 Å². The number of benzene rings is 1. The summed E-state index contributed by atoms with van der Waals surface area (Å²) in [4.78, 5) is 10.6. The highest BCUT2D eigenvalue weighted by Gasteiger charge is 2.15. The average Bonchev–Trinajstić information content (AvgIpc) is 3.36. The van der Waals surface area contributed by atoms with Crippen LogP contribution in [0.5, 0.6) is 0 Å². The molecule has 28 heavy (non-hydrogen) atoms. The molecule has 1 fully saturated rings. The summed E-state index contributed by atoms with van der Waals surface area (Å²) >= 11 is 0. The molecule has 1 saturated heterocycles. The van der Waals surface area contributed by atoms with Crippen molar-refractivity contribution in [3.8, 4) is 0 Å². The number of alkyl halides is 2. The minimum absolute atomic E-state index is 0. The van der Waals surface area contributed by atoms with Crippen molar-refractivity contribution in [2.45, 2.75) is 38.9 Å². The molecule has 1 aliphatic heterocycles. The van der Waals surface area contributed by atoms with Crippen LogP contribution in [0.1, 0.15) is 43.7 Å². The fourth-order valence-electron chi connectivity index (χ4n) is 3.27. The molecule has 0 radical (unpaired) electrons. The van der Waals surface area contributed by atoms with Crippen LogP contribution in [0, 0.1) is 0 Å². The van der Waals surface area contributed by atoms with E-state index < -0.39 is 6.55 Å². The zero-order chi connectivity index (χ0) is 19.2. The lowest BCUT2D eigenvalue weighted by atomic mass is 10.1. The van der Waals surface area contributed by atoms with E-state index >= 15 is 0 Å². The predicted octanol–water partition coefficient (Wildman–Crippen LogP) is 3.92. The van der Waals surface area contributed by atoms with Gasteiger partial charge in [-0.1, -0.05) is 12.1 Å². The number of nitrogens with one attached hydrogen (secondary N) is 2. The fraction of sp³-hybridized carbons (Fsp3) is 0.474. The van der Waals surface area contributed by atoms with Crippen LogP contribution in [0.25, 0.3) is 0 Å². The van der Waals surface area contributed by atoms with Gasteiger partial charge in [0.2, 0.25) is 0 Å². The number of hydrogen-bond acceptors (Lipinski definition) is 3. The van der Waals surface area contributed by atoms with Crippen molar-refractivity contribution in [3.63, 3.8) is 0 Å². The summed E-state index contributed by atoms with van der Waals surface area (Å²) in [5, 5.41) is 6.36. The molecule has 0 spiro atoms. The maximum atomic E-state index is 12.9. The third kappa shape index (κ3) is 5.55. The molecular weight excluding hydrogens is 477 g/mol. The molecule has 0 saturated carbocycles. The first-order valence-corrected chi connectivity index (χ1v) is 9.20. The standard InChI is InChI=1S/C19H26F2N6.HI/c1-14(15-6-5-7-16(12-15)26-9-3-4-10-26)25-19(22-2)24-13-17-23-8-11-27(17)18(20)21;/h5-8,11-12,14,18H,3-4,9-10,13H2,1-2H3,(H2,22,24,25);1H. The summed E-state index contributed by atoms with van der Waals surface area (Å²) < 4.78 is 26.7. The van der Waals surface area contributed by atoms with Crippen LogP contribution in [0.3, 0.4) is 0 Å². The smallest absolute Gasteiger partial charge is 0.319 e. The van der Waals surface area contributed by atoms with Gasteiger partial charge >= 0.3 is 6.55 Å². The van der Waals surface area contributed by atoms with Gasteiger partial charge in [-0.05, 0) is 37.5 Å². The Hall–Kier alpha value is -1.91. The molecule has 9 heteroatoms. The maximum Gasteiger partial charge on any atom is 0.319 e. The molecule has 1 aliphatic rings. The van der Waals surface area contributed by atoms with Gasteiger partial charge in [0.1, 0.15) is 5.82 Å². The Morgan fingerprint density at radius 2 is 2.04 bits per heavy atom. The number of imidazole rings is 1.